The number of nitrogens with one attached hydrogen (secondary N) is 2. The molecule has 0 aromatic heterocycles. The molecule has 9 heteroatoms. The predicted octanol–water partition coefficient (Wildman–Crippen LogP) is 2.49. The first-order valence-corrected chi connectivity index (χ1v) is 8.81. The molecule has 2 amide bonds. The Morgan fingerprint density at radius 2 is 1.64 bits per heavy atom. The van der Waals surface area contributed by atoms with E-state index in [1.54, 1.807) is 18.2 Å². The molecule has 0 spiro atoms. The van der Waals surface area contributed by atoms with Crippen LogP contribution in [0.3, 0.4) is 0 Å². The van der Waals surface area contributed by atoms with Crippen molar-refractivity contribution in [2.45, 2.75) is 11.8 Å². The summed E-state index contributed by atoms with van der Waals surface area (Å²) in [5, 5.41) is 5.01. The fraction of sp³-hybridized carbons (Fsp3) is 0.188. The van der Waals surface area contributed by atoms with Crippen molar-refractivity contribution in [1.29, 1.82) is 0 Å². The van der Waals surface area contributed by atoms with Crippen LogP contribution < -0.4 is 20.1 Å². The summed E-state index contributed by atoms with van der Waals surface area (Å²) in [7, 11) is -4.26. The van der Waals surface area contributed by atoms with E-state index in [0.29, 0.717) is 23.8 Å². The molecule has 0 radical (unpaired) electrons. The number of amides is 2. The van der Waals surface area contributed by atoms with Gasteiger partial charge in [-0.25, -0.2) is 4.79 Å². The fourth-order valence-electron chi connectivity index (χ4n) is 1.91. The molecular weight excluding hydrogens is 348 g/mol. The molecule has 134 valence electrons. The lowest BCUT2D eigenvalue weighted by atomic mass is 10.3. The van der Waals surface area contributed by atoms with E-state index in [1.165, 1.54) is 24.3 Å². The number of urea groups is 1. The van der Waals surface area contributed by atoms with Gasteiger partial charge in [0, 0.05) is 5.69 Å². The molecule has 0 aliphatic heterocycles. The highest BCUT2D eigenvalue weighted by Gasteiger charge is 2.09. The highest BCUT2D eigenvalue weighted by molar-refractivity contribution is 7.85. The smallest absolute Gasteiger partial charge is 0.321 e. The van der Waals surface area contributed by atoms with Crippen molar-refractivity contribution in [3.8, 4) is 11.5 Å². The van der Waals surface area contributed by atoms with E-state index in [4.69, 9.17) is 14.0 Å². The van der Waals surface area contributed by atoms with E-state index in [-0.39, 0.29) is 11.6 Å². The van der Waals surface area contributed by atoms with Crippen LogP contribution in [0.4, 0.5) is 10.5 Å². The first kappa shape index (κ1) is 18.6. The number of hydrogen-bond donors (Lipinski definition) is 3. The van der Waals surface area contributed by atoms with Crippen LogP contribution in [-0.2, 0) is 10.1 Å². The van der Waals surface area contributed by atoms with E-state index in [0.717, 1.165) is 0 Å². The molecule has 0 saturated heterocycles. The Labute approximate surface area is 145 Å². The van der Waals surface area contributed by atoms with Crippen LogP contribution in [0, 0.1) is 0 Å². The molecule has 0 saturated carbocycles. The zero-order valence-corrected chi connectivity index (χ0v) is 14.2. The Morgan fingerprint density at radius 3 is 2.20 bits per heavy atom. The Kier molecular flexibility index (Phi) is 6.20. The Hall–Kier alpha value is -2.78. The zero-order valence-electron chi connectivity index (χ0n) is 13.4. The minimum absolute atomic E-state index is 0.0843. The summed E-state index contributed by atoms with van der Waals surface area (Å²) in [4.78, 5) is 11.5. The van der Waals surface area contributed by atoms with Crippen LogP contribution in [0.1, 0.15) is 6.92 Å². The van der Waals surface area contributed by atoms with E-state index in [9.17, 15) is 13.2 Å². The molecule has 0 heterocycles. The van der Waals surface area contributed by atoms with Crippen molar-refractivity contribution in [2.24, 2.45) is 0 Å². The van der Waals surface area contributed by atoms with Gasteiger partial charge in [-0.1, -0.05) is 12.1 Å². The van der Waals surface area contributed by atoms with E-state index in [1.807, 2.05) is 13.0 Å². The second-order valence-corrected chi connectivity index (χ2v) is 6.22. The Bertz CT molecular complexity index is 821. The van der Waals surface area contributed by atoms with Gasteiger partial charge in [-0.15, -0.1) is 0 Å². The molecule has 2 rings (SSSR count). The minimum atomic E-state index is -4.26. The van der Waals surface area contributed by atoms with Crippen molar-refractivity contribution in [2.75, 3.05) is 18.7 Å². The molecule has 0 atom stereocenters. The molecule has 0 aliphatic rings. The number of rotatable bonds is 7. The Balaban J connectivity index is 1.85. The van der Waals surface area contributed by atoms with Gasteiger partial charge < -0.3 is 20.1 Å². The zero-order chi connectivity index (χ0) is 18.3. The van der Waals surface area contributed by atoms with Crippen molar-refractivity contribution in [3.05, 3.63) is 48.5 Å². The molecule has 2 aromatic carbocycles. The van der Waals surface area contributed by atoms with Gasteiger partial charge in [-0.2, -0.15) is 8.42 Å². The highest BCUT2D eigenvalue weighted by Crippen LogP contribution is 2.25. The second kappa shape index (κ2) is 8.36. The van der Waals surface area contributed by atoms with Crippen molar-refractivity contribution >= 4 is 21.8 Å². The number of para-hydroxylation sites is 2. The van der Waals surface area contributed by atoms with E-state index in [2.05, 4.69) is 10.6 Å². The van der Waals surface area contributed by atoms with Crippen molar-refractivity contribution in [1.82, 2.24) is 5.32 Å². The van der Waals surface area contributed by atoms with Crippen LogP contribution in [0.15, 0.2) is 53.4 Å². The maximum Gasteiger partial charge on any atom is 0.321 e. The monoisotopic (exact) mass is 366 g/mol. The third-order valence-electron chi connectivity index (χ3n) is 3.02. The van der Waals surface area contributed by atoms with Crippen LogP contribution in [0.5, 0.6) is 11.5 Å². The molecule has 3 N–H and O–H groups in total. The second-order valence-electron chi connectivity index (χ2n) is 4.80. The number of ether oxygens (including phenoxy) is 2. The molecule has 0 fully saturated rings. The largest absolute Gasteiger partial charge is 0.490 e. The van der Waals surface area contributed by atoms with Gasteiger partial charge >= 0.3 is 6.03 Å². The summed E-state index contributed by atoms with van der Waals surface area (Å²) in [6.45, 7) is 2.27. The third kappa shape index (κ3) is 5.66. The number of anilines is 1. The molecule has 25 heavy (non-hydrogen) atoms. The van der Waals surface area contributed by atoms with Gasteiger partial charge in [0.15, 0.2) is 18.2 Å². The summed E-state index contributed by atoms with van der Waals surface area (Å²) in [6.07, 6.45) is 0. The number of carbonyl (C=O) groups excluding carboxylic acids is 1. The molecule has 2 aromatic rings. The van der Waals surface area contributed by atoms with Crippen LogP contribution in [0.2, 0.25) is 0 Å². The molecule has 0 aliphatic carbocycles. The lowest BCUT2D eigenvalue weighted by molar-refractivity contribution is 0.229. The standard InChI is InChI=1S/C16H18N2O6S/c1-2-23-14-5-3-4-6-15(14)24-11-17-16(19)18-12-7-9-13(10-8-12)25(20,21)22/h3-10H,2,11H2,1H3,(H2,17,18,19)(H,20,21,22). The predicted molar refractivity (Wildman–Crippen MR) is 91.5 cm³/mol. The Morgan fingerprint density at radius 1 is 1.04 bits per heavy atom. The number of benzene rings is 2. The lowest BCUT2D eigenvalue weighted by Crippen LogP contribution is -2.32. The van der Waals surface area contributed by atoms with Crippen molar-refractivity contribution < 1.29 is 27.2 Å². The summed E-state index contributed by atoms with van der Waals surface area (Å²) in [5.41, 5.74) is 0.361. The summed E-state index contributed by atoms with van der Waals surface area (Å²) < 4.78 is 41.6. The SMILES string of the molecule is CCOc1ccccc1OCNC(=O)Nc1ccc(S(=O)(=O)O)cc1. The maximum atomic E-state index is 11.8. The van der Waals surface area contributed by atoms with Gasteiger partial charge in [0.05, 0.1) is 11.5 Å². The normalized spacial score (nSPS) is 10.8. The van der Waals surface area contributed by atoms with E-state index < -0.39 is 16.1 Å². The lowest BCUT2D eigenvalue weighted by Gasteiger charge is -2.12. The third-order valence-corrected chi connectivity index (χ3v) is 3.89. The quantitative estimate of drug-likeness (QED) is 0.512. The average molecular weight is 366 g/mol. The molecule has 0 unspecified atom stereocenters. The summed E-state index contributed by atoms with van der Waals surface area (Å²) >= 11 is 0. The summed E-state index contributed by atoms with van der Waals surface area (Å²) in [5.74, 6) is 1.08. The first-order chi connectivity index (χ1) is 11.9. The topological polar surface area (TPSA) is 114 Å². The average Bonchev–Trinajstić information content (AvgIpc) is 2.56. The van der Waals surface area contributed by atoms with Gasteiger partial charge in [0.1, 0.15) is 0 Å². The molecule has 8 nitrogen and oxygen atoms in total. The van der Waals surface area contributed by atoms with Gasteiger partial charge in [-0.3, -0.25) is 4.55 Å². The fourth-order valence-corrected chi connectivity index (χ4v) is 2.39. The van der Waals surface area contributed by atoms with E-state index >= 15 is 0 Å². The molecule has 0 bridgehead atoms. The van der Waals surface area contributed by atoms with Crippen LogP contribution >= 0.6 is 0 Å². The highest BCUT2D eigenvalue weighted by atomic mass is 32.2. The number of hydrogen-bond acceptors (Lipinski definition) is 5. The first-order valence-electron chi connectivity index (χ1n) is 7.37. The minimum Gasteiger partial charge on any atom is -0.490 e. The maximum absolute atomic E-state index is 11.8. The molecular formula is C16H18N2O6S. The summed E-state index contributed by atoms with van der Waals surface area (Å²) in [6, 6.07) is 11.6. The van der Waals surface area contributed by atoms with Crippen molar-refractivity contribution in [3.63, 3.8) is 0 Å². The van der Waals surface area contributed by atoms with Crippen LogP contribution in [0.25, 0.3) is 0 Å². The van der Waals surface area contributed by atoms with Crippen LogP contribution in [-0.4, -0.2) is 32.3 Å². The number of carbonyl (C=O) groups is 1. The van der Waals surface area contributed by atoms with Gasteiger partial charge in [-0.05, 0) is 43.3 Å². The van der Waals surface area contributed by atoms with Gasteiger partial charge in [0.2, 0.25) is 0 Å². The van der Waals surface area contributed by atoms with Gasteiger partial charge in [0.25, 0.3) is 10.1 Å².